The van der Waals surface area contributed by atoms with Crippen molar-refractivity contribution in [2.75, 3.05) is 18.2 Å². The summed E-state index contributed by atoms with van der Waals surface area (Å²) in [5, 5.41) is 14.5. The van der Waals surface area contributed by atoms with Crippen molar-refractivity contribution >= 4 is 52.2 Å². The molecule has 6 nitrogen and oxygen atoms in total. The summed E-state index contributed by atoms with van der Waals surface area (Å²) >= 11 is 13.2. The molecular formula is C15H12Cl2N2O4S. The maximum Gasteiger partial charge on any atom is 0.296 e. The van der Waals surface area contributed by atoms with E-state index in [9.17, 15) is 14.9 Å². The lowest BCUT2D eigenvalue weighted by Gasteiger charge is -2.09. The molecule has 0 aliphatic rings. The lowest BCUT2D eigenvalue weighted by atomic mass is 10.2. The molecule has 0 heterocycles. The van der Waals surface area contributed by atoms with Crippen LogP contribution in [0.4, 0.5) is 11.4 Å². The van der Waals surface area contributed by atoms with Gasteiger partial charge in [0.1, 0.15) is 11.4 Å². The number of nitro groups is 1. The van der Waals surface area contributed by atoms with Gasteiger partial charge in [0.15, 0.2) is 0 Å². The molecule has 0 aliphatic heterocycles. The monoisotopic (exact) mass is 386 g/mol. The summed E-state index contributed by atoms with van der Waals surface area (Å²) in [5.41, 5.74) is -0.153. The first-order valence-electron chi connectivity index (χ1n) is 6.61. The van der Waals surface area contributed by atoms with Crippen molar-refractivity contribution in [3.8, 4) is 5.75 Å². The average molecular weight is 387 g/mol. The Morgan fingerprint density at radius 2 is 1.96 bits per heavy atom. The number of anilines is 1. The van der Waals surface area contributed by atoms with Crippen LogP contribution in [-0.4, -0.2) is 23.7 Å². The Kier molecular flexibility index (Phi) is 6.30. The van der Waals surface area contributed by atoms with Crippen molar-refractivity contribution < 1.29 is 14.5 Å². The number of amides is 1. The highest BCUT2D eigenvalue weighted by molar-refractivity contribution is 8.00. The van der Waals surface area contributed by atoms with Crippen molar-refractivity contribution in [3.05, 3.63) is 56.6 Å². The van der Waals surface area contributed by atoms with Gasteiger partial charge in [0.25, 0.3) is 5.69 Å². The van der Waals surface area contributed by atoms with E-state index in [1.54, 1.807) is 18.2 Å². The van der Waals surface area contributed by atoms with Gasteiger partial charge >= 0.3 is 0 Å². The molecule has 0 fully saturated rings. The Morgan fingerprint density at radius 1 is 1.29 bits per heavy atom. The van der Waals surface area contributed by atoms with Crippen LogP contribution < -0.4 is 10.1 Å². The van der Waals surface area contributed by atoms with Crippen molar-refractivity contribution in [1.29, 1.82) is 0 Å². The number of benzene rings is 2. The van der Waals surface area contributed by atoms with E-state index in [1.165, 1.54) is 25.3 Å². The number of thioether (sulfide) groups is 1. The molecule has 0 unspecified atom stereocenters. The Morgan fingerprint density at radius 3 is 2.54 bits per heavy atom. The molecule has 24 heavy (non-hydrogen) atoms. The number of carbonyl (C=O) groups is 1. The molecule has 0 radical (unpaired) electrons. The minimum atomic E-state index is -0.587. The van der Waals surface area contributed by atoms with E-state index in [2.05, 4.69) is 5.32 Å². The predicted molar refractivity (Wildman–Crippen MR) is 95.5 cm³/mol. The van der Waals surface area contributed by atoms with Gasteiger partial charge in [-0.05, 0) is 24.3 Å². The van der Waals surface area contributed by atoms with Crippen LogP contribution in [0, 0.1) is 10.1 Å². The summed E-state index contributed by atoms with van der Waals surface area (Å²) < 4.78 is 4.95. The lowest BCUT2D eigenvalue weighted by Crippen LogP contribution is -2.15. The van der Waals surface area contributed by atoms with Crippen LogP contribution in [0.2, 0.25) is 10.0 Å². The van der Waals surface area contributed by atoms with E-state index in [0.29, 0.717) is 20.7 Å². The molecule has 0 spiro atoms. The number of ether oxygens (including phenoxy) is 1. The van der Waals surface area contributed by atoms with Crippen molar-refractivity contribution in [2.45, 2.75) is 4.90 Å². The molecule has 0 aromatic heterocycles. The van der Waals surface area contributed by atoms with Gasteiger partial charge in [-0.15, -0.1) is 11.8 Å². The average Bonchev–Trinajstić information content (AvgIpc) is 2.54. The molecule has 1 amide bonds. The highest BCUT2D eigenvalue weighted by atomic mass is 35.5. The number of nitrogens with zero attached hydrogens (tertiary/aromatic N) is 1. The summed E-state index contributed by atoms with van der Waals surface area (Å²) in [7, 11) is 1.40. The second-order valence-electron chi connectivity index (χ2n) is 4.53. The summed E-state index contributed by atoms with van der Waals surface area (Å²) in [5.74, 6) is -0.0757. The maximum absolute atomic E-state index is 12.1. The third-order valence-electron chi connectivity index (χ3n) is 2.94. The zero-order valence-corrected chi connectivity index (χ0v) is 14.7. The molecular weight excluding hydrogens is 375 g/mol. The van der Waals surface area contributed by atoms with Crippen LogP contribution in [0.5, 0.6) is 5.75 Å². The number of rotatable bonds is 6. The van der Waals surface area contributed by atoms with Gasteiger partial charge in [0.05, 0.1) is 33.9 Å². The third kappa shape index (κ3) is 4.53. The number of hydrogen-bond acceptors (Lipinski definition) is 5. The fourth-order valence-electron chi connectivity index (χ4n) is 1.84. The zero-order valence-electron chi connectivity index (χ0n) is 12.4. The smallest absolute Gasteiger partial charge is 0.296 e. The first kappa shape index (κ1) is 18.4. The molecule has 0 saturated heterocycles. The summed E-state index contributed by atoms with van der Waals surface area (Å²) in [6.45, 7) is 0. The largest absolute Gasteiger partial charge is 0.496 e. The van der Waals surface area contributed by atoms with E-state index in [-0.39, 0.29) is 17.1 Å². The SMILES string of the molecule is COc1ccc(NC(=O)CSc2c(Cl)cccc2Cl)c([N+](=O)[O-])c1. The first-order chi connectivity index (χ1) is 11.4. The molecule has 0 aliphatic carbocycles. The van der Waals surface area contributed by atoms with Crippen LogP contribution in [0.3, 0.4) is 0 Å². The molecule has 2 aromatic rings. The molecule has 9 heteroatoms. The maximum atomic E-state index is 12.1. The lowest BCUT2D eigenvalue weighted by molar-refractivity contribution is -0.384. The van der Waals surface area contributed by atoms with E-state index < -0.39 is 10.8 Å². The van der Waals surface area contributed by atoms with Crippen LogP contribution in [0.1, 0.15) is 0 Å². The Balaban J connectivity index is 2.09. The number of methoxy groups -OCH3 is 1. The highest BCUT2D eigenvalue weighted by Gasteiger charge is 2.18. The van der Waals surface area contributed by atoms with Gasteiger partial charge in [-0.1, -0.05) is 29.3 Å². The Hall–Kier alpha value is -1.96. The Bertz CT molecular complexity index is 766. The summed E-state index contributed by atoms with van der Waals surface area (Å²) in [6.07, 6.45) is 0. The molecule has 0 saturated carbocycles. The van der Waals surface area contributed by atoms with Gasteiger partial charge in [-0.2, -0.15) is 0 Å². The van der Waals surface area contributed by atoms with Gasteiger partial charge in [-0.3, -0.25) is 14.9 Å². The van der Waals surface area contributed by atoms with E-state index in [0.717, 1.165) is 11.8 Å². The van der Waals surface area contributed by atoms with Crippen molar-refractivity contribution in [3.63, 3.8) is 0 Å². The number of hydrogen-bond donors (Lipinski definition) is 1. The molecule has 1 N–H and O–H groups in total. The fourth-order valence-corrected chi connectivity index (χ4v) is 3.32. The van der Waals surface area contributed by atoms with Crippen molar-refractivity contribution in [2.24, 2.45) is 0 Å². The molecule has 0 atom stereocenters. The molecule has 2 rings (SSSR count). The number of carbonyl (C=O) groups excluding carboxylic acids is 1. The second kappa shape index (κ2) is 8.23. The van der Waals surface area contributed by atoms with E-state index >= 15 is 0 Å². The van der Waals surface area contributed by atoms with E-state index in [4.69, 9.17) is 27.9 Å². The van der Waals surface area contributed by atoms with Crippen LogP contribution in [0.15, 0.2) is 41.3 Å². The van der Waals surface area contributed by atoms with Gasteiger partial charge in [0.2, 0.25) is 5.91 Å². The number of nitro benzene ring substituents is 1. The fraction of sp³-hybridized carbons (Fsp3) is 0.133. The normalized spacial score (nSPS) is 10.3. The molecule has 0 bridgehead atoms. The standard InChI is InChI=1S/C15H12Cl2N2O4S/c1-23-9-5-6-12(13(7-9)19(21)22)18-14(20)8-24-15-10(16)3-2-4-11(15)17/h2-7H,8H2,1H3,(H,18,20). The van der Waals surface area contributed by atoms with Gasteiger partial charge in [-0.25, -0.2) is 0 Å². The summed E-state index contributed by atoms with van der Waals surface area (Å²) in [4.78, 5) is 23.2. The van der Waals surface area contributed by atoms with Crippen LogP contribution >= 0.6 is 35.0 Å². The van der Waals surface area contributed by atoms with Gasteiger partial charge < -0.3 is 10.1 Å². The van der Waals surface area contributed by atoms with E-state index in [1.807, 2.05) is 0 Å². The predicted octanol–water partition coefficient (Wildman–Crippen LogP) is 4.64. The quantitative estimate of drug-likeness (QED) is 0.444. The first-order valence-corrected chi connectivity index (χ1v) is 8.35. The third-order valence-corrected chi connectivity index (χ3v) is 4.93. The highest BCUT2D eigenvalue weighted by Crippen LogP contribution is 2.34. The zero-order chi connectivity index (χ0) is 17.7. The summed E-state index contributed by atoms with van der Waals surface area (Å²) in [6, 6.07) is 9.23. The number of nitrogens with one attached hydrogen (secondary N) is 1. The van der Waals surface area contributed by atoms with Gasteiger partial charge in [0, 0.05) is 4.90 Å². The Labute approximate surface area is 152 Å². The minimum absolute atomic E-state index is 0.00658. The van der Waals surface area contributed by atoms with Crippen LogP contribution in [0.25, 0.3) is 0 Å². The number of halogens is 2. The van der Waals surface area contributed by atoms with Crippen molar-refractivity contribution in [1.82, 2.24) is 0 Å². The van der Waals surface area contributed by atoms with Crippen LogP contribution in [-0.2, 0) is 4.79 Å². The molecule has 2 aromatic carbocycles. The minimum Gasteiger partial charge on any atom is -0.496 e. The topological polar surface area (TPSA) is 81.5 Å². The second-order valence-corrected chi connectivity index (χ2v) is 6.33. The molecule has 126 valence electrons.